The fraction of sp³-hybridized carbons (Fsp3) is 0.222. The number of ether oxygens (including phenoxy) is 1. The third-order valence-electron chi connectivity index (χ3n) is 1.52. The number of nitrogens with two attached hydrogens (primary N) is 2. The number of benzene rings is 1. The Bertz CT molecular complexity index is 315. The van der Waals surface area contributed by atoms with E-state index in [1.54, 1.807) is 24.3 Å². The zero-order valence-corrected chi connectivity index (χ0v) is 7.69. The summed E-state index contributed by atoms with van der Waals surface area (Å²) in [5.74, 6) is 0.566. The number of urea groups is 1. The van der Waals surface area contributed by atoms with Crippen molar-refractivity contribution in [2.45, 2.75) is 0 Å². The van der Waals surface area contributed by atoms with Crippen LogP contribution in [0.1, 0.15) is 0 Å². The Hall–Kier alpha value is -1.75. The molecule has 0 atom stereocenters. The molecule has 0 fully saturated rings. The first-order chi connectivity index (χ1) is 6.74. The highest BCUT2D eigenvalue weighted by Crippen LogP contribution is 2.22. The van der Waals surface area contributed by atoms with Gasteiger partial charge in [0.05, 0.1) is 5.69 Å². The van der Waals surface area contributed by atoms with Crippen LogP contribution in [0.3, 0.4) is 0 Å². The van der Waals surface area contributed by atoms with Gasteiger partial charge < -0.3 is 21.5 Å². The van der Waals surface area contributed by atoms with E-state index < -0.39 is 6.03 Å². The molecule has 0 unspecified atom stereocenters. The number of amides is 2. The summed E-state index contributed by atoms with van der Waals surface area (Å²) in [6, 6.07) is 6.41. The van der Waals surface area contributed by atoms with Gasteiger partial charge >= 0.3 is 6.03 Å². The van der Waals surface area contributed by atoms with Gasteiger partial charge in [0.1, 0.15) is 12.4 Å². The van der Waals surface area contributed by atoms with Gasteiger partial charge in [-0.1, -0.05) is 12.1 Å². The predicted octanol–water partition coefficient (Wildman–Crippen LogP) is 0.515. The van der Waals surface area contributed by atoms with Crippen LogP contribution in [0.2, 0.25) is 0 Å². The van der Waals surface area contributed by atoms with Crippen LogP contribution in [-0.4, -0.2) is 19.2 Å². The largest absolute Gasteiger partial charge is 0.490 e. The SMILES string of the molecule is NCCOc1ccccc1NC(N)=O. The van der Waals surface area contributed by atoms with E-state index in [0.717, 1.165) is 0 Å². The number of carbonyl (C=O) groups excluding carboxylic acids is 1. The molecule has 0 aliphatic carbocycles. The summed E-state index contributed by atoms with van der Waals surface area (Å²) < 4.78 is 5.29. The van der Waals surface area contributed by atoms with Gasteiger partial charge in [-0.3, -0.25) is 0 Å². The first-order valence-corrected chi connectivity index (χ1v) is 4.22. The molecule has 76 valence electrons. The van der Waals surface area contributed by atoms with Crippen LogP contribution >= 0.6 is 0 Å². The molecule has 14 heavy (non-hydrogen) atoms. The van der Waals surface area contributed by atoms with Gasteiger partial charge in [0, 0.05) is 6.54 Å². The van der Waals surface area contributed by atoms with Crippen LogP contribution in [0, 0.1) is 0 Å². The first kappa shape index (κ1) is 10.3. The minimum atomic E-state index is -0.617. The van der Waals surface area contributed by atoms with Crippen molar-refractivity contribution in [3.63, 3.8) is 0 Å². The number of anilines is 1. The van der Waals surface area contributed by atoms with E-state index in [9.17, 15) is 4.79 Å². The third kappa shape index (κ3) is 2.95. The molecule has 0 saturated heterocycles. The Morgan fingerprint density at radius 1 is 1.43 bits per heavy atom. The molecular formula is C9H13N3O2. The van der Waals surface area contributed by atoms with Crippen molar-refractivity contribution in [2.75, 3.05) is 18.5 Å². The molecule has 0 aromatic heterocycles. The first-order valence-electron chi connectivity index (χ1n) is 4.22. The van der Waals surface area contributed by atoms with Gasteiger partial charge in [0.25, 0.3) is 0 Å². The van der Waals surface area contributed by atoms with Crippen LogP contribution in [0.25, 0.3) is 0 Å². The lowest BCUT2D eigenvalue weighted by molar-refractivity contribution is 0.259. The summed E-state index contributed by atoms with van der Waals surface area (Å²) in [6.45, 7) is 0.822. The van der Waals surface area contributed by atoms with Crippen LogP contribution in [-0.2, 0) is 0 Å². The maximum Gasteiger partial charge on any atom is 0.316 e. The molecule has 1 aromatic rings. The lowest BCUT2D eigenvalue weighted by Gasteiger charge is -2.09. The standard InChI is InChI=1S/C9H13N3O2/c10-5-6-14-8-4-2-1-3-7(8)12-9(11)13/h1-4H,5-6,10H2,(H3,11,12,13). The second-order valence-electron chi connectivity index (χ2n) is 2.62. The fourth-order valence-corrected chi connectivity index (χ4v) is 0.997. The Labute approximate surface area is 82.0 Å². The number of hydrogen-bond donors (Lipinski definition) is 3. The summed E-state index contributed by atoms with van der Waals surface area (Å²) in [6.07, 6.45) is 0. The van der Waals surface area contributed by atoms with Crippen molar-refractivity contribution in [3.8, 4) is 5.75 Å². The molecule has 5 N–H and O–H groups in total. The molecule has 0 aliphatic heterocycles. The topological polar surface area (TPSA) is 90.4 Å². The maximum absolute atomic E-state index is 10.6. The van der Waals surface area contributed by atoms with E-state index in [4.69, 9.17) is 16.2 Å². The van der Waals surface area contributed by atoms with Gasteiger partial charge in [0.2, 0.25) is 0 Å². The molecular weight excluding hydrogens is 182 g/mol. The smallest absolute Gasteiger partial charge is 0.316 e. The van der Waals surface area contributed by atoms with Gasteiger partial charge in [-0.15, -0.1) is 0 Å². The van der Waals surface area contributed by atoms with E-state index in [1.807, 2.05) is 0 Å². The number of para-hydroxylation sites is 2. The van der Waals surface area contributed by atoms with Crippen LogP contribution in [0.4, 0.5) is 10.5 Å². The van der Waals surface area contributed by atoms with Gasteiger partial charge in [-0.05, 0) is 12.1 Å². The predicted molar refractivity (Wildman–Crippen MR) is 54.2 cm³/mol. The van der Waals surface area contributed by atoms with Crippen molar-refractivity contribution < 1.29 is 9.53 Å². The molecule has 2 amide bonds. The van der Waals surface area contributed by atoms with E-state index in [0.29, 0.717) is 24.6 Å². The van der Waals surface area contributed by atoms with E-state index in [-0.39, 0.29) is 0 Å². The van der Waals surface area contributed by atoms with Gasteiger partial charge in [0.15, 0.2) is 0 Å². The van der Waals surface area contributed by atoms with Crippen molar-refractivity contribution in [1.29, 1.82) is 0 Å². The zero-order chi connectivity index (χ0) is 10.4. The molecule has 0 spiro atoms. The number of nitrogens with one attached hydrogen (secondary N) is 1. The molecule has 5 nitrogen and oxygen atoms in total. The number of carbonyl (C=O) groups is 1. The Kier molecular flexibility index (Phi) is 3.75. The lowest BCUT2D eigenvalue weighted by Crippen LogP contribution is -2.20. The molecule has 0 radical (unpaired) electrons. The summed E-state index contributed by atoms with van der Waals surface area (Å²) in [7, 11) is 0. The molecule has 0 aliphatic rings. The summed E-state index contributed by atoms with van der Waals surface area (Å²) in [5.41, 5.74) is 10.8. The molecule has 5 heteroatoms. The second-order valence-corrected chi connectivity index (χ2v) is 2.62. The highest BCUT2D eigenvalue weighted by atomic mass is 16.5. The van der Waals surface area contributed by atoms with Crippen molar-refractivity contribution in [1.82, 2.24) is 0 Å². The van der Waals surface area contributed by atoms with E-state index in [2.05, 4.69) is 5.32 Å². The molecule has 0 heterocycles. The highest BCUT2D eigenvalue weighted by molar-refractivity contribution is 5.89. The van der Waals surface area contributed by atoms with Gasteiger partial charge in [-0.2, -0.15) is 0 Å². The van der Waals surface area contributed by atoms with Crippen LogP contribution in [0.15, 0.2) is 24.3 Å². The Morgan fingerprint density at radius 3 is 2.79 bits per heavy atom. The molecule has 0 bridgehead atoms. The van der Waals surface area contributed by atoms with Crippen molar-refractivity contribution in [2.24, 2.45) is 11.5 Å². The number of rotatable bonds is 4. The van der Waals surface area contributed by atoms with E-state index >= 15 is 0 Å². The monoisotopic (exact) mass is 195 g/mol. The second kappa shape index (κ2) is 5.08. The van der Waals surface area contributed by atoms with Gasteiger partial charge in [-0.25, -0.2) is 4.79 Å². The molecule has 1 rings (SSSR count). The third-order valence-corrected chi connectivity index (χ3v) is 1.52. The Morgan fingerprint density at radius 2 is 2.14 bits per heavy atom. The van der Waals surface area contributed by atoms with E-state index in [1.165, 1.54) is 0 Å². The number of primary amides is 1. The zero-order valence-electron chi connectivity index (χ0n) is 7.69. The normalized spacial score (nSPS) is 9.50. The Balaban J connectivity index is 2.74. The van der Waals surface area contributed by atoms with Crippen molar-refractivity contribution in [3.05, 3.63) is 24.3 Å². The van der Waals surface area contributed by atoms with Crippen LogP contribution in [0.5, 0.6) is 5.75 Å². The minimum absolute atomic E-state index is 0.400. The maximum atomic E-state index is 10.6. The fourth-order valence-electron chi connectivity index (χ4n) is 0.997. The van der Waals surface area contributed by atoms with Crippen LogP contribution < -0.4 is 21.5 Å². The summed E-state index contributed by atoms with van der Waals surface area (Å²) >= 11 is 0. The summed E-state index contributed by atoms with van der Waals surface area (Å²) in [4.78, 5) is 10.6. The lowest BCUT2D eigenvalue weighted by atomic mass is 10.3. The molecule has 0 saturated carbocycles. The highest BCUT2D eigenvalue weighted by Gasteiger charge is 2.03. The average Bonchev–Trinajstić information content (AvgIpc) is 2.16. The average molecular weight is 195 g/mol. The number of hydrogen-bond acceptors (Lipinski definition) is 3. The molecule has 1 aromatic carbocycles. The van der Waals surface area contributed by atoms with Crippen molar-refractivity contribution >= 4 is 11.7 Å². The minimum Gasteiger partial charge on any atom is -0.490 e. The quantitative estimate of drug-likeness (QED) is 0.654. The summed E-state index contributed by atoms with van der Waals surface area (Å²) in [5, 5.41) is 2.46.